The van der Waals surface area contributed by atoms with Crippen molar-refractivity contribution < 1.29 is 9.90 Å². The van der Waals surface area contributed by atoms with Crippen LogP contribution in [-0.2, 0) is 11.2 Å². The van der Waals surface area contributed by atoms with Gasteiger partial charge in [0, 0.05) is 10.4 Å². The average Bonchev–Trinajstić information content (AvgIpc) is 3.35. The Bertz CT molecular complexity index is 1770. The first-order valence-electron chi connectivity index (χ1n) is 12.5. The molecule has 1 unspecified atom stereocenters. The summed E-state index contributed by atoms with van der Waals surface area (Å²) >= 11 is 1.63. The van der Waals surface area contributed by atoms with Gasteiger partial charge in [-0.3, -0.25) is 0 Å². The molecule has 0 bridgehead atoms. The standard InChI is InChI=1S/C32H25N3O2S/c1-2-26-27(24-18-10-14-21-13-6-7-15-22(21)24)28-30(33-19-34-31(28)38-26)35-29(32(36)37)25-17-9-8-16-23(25)20-11-4-3-5-12-20/h3-19,29H,2H2,1H3,(H,36,37)(H,33,34,35). The second-order valence-corrected chi connectivity index (χ2v) is 10.1. The largest absolute Gasteiger partial charge is 0.479 e. The Kier molecular flexibility index (Phi) is 6.32. The highest BCUT2D eigenvalue weighted by Crippen LogP contribution is 2.44. The van der Waals surface area contributed by atoms with Gasteiger partial charge in [-0.25, -0.2) is 14.8 Å². The molecule has 0 radical (unpaired) electrons. The van der Waals surface area contributed by atoms with E-state index in [9.17, 15) is 9.90 Å². The normalized spacial score (nSPS) is 12.0. The zero-order valence-electron chi connectivity index (χ0n) is 20.8. The smallest absolute Gasteiger partial charge is 0.330 e. The summed E-state index contributed by atoms with van der Waals surface area (Å²) in [6.45, 7) is 2.13. The van der Waals surface area contributed by atoms with Crippen LogP contribution in [0.2, 0.25) is 0 Å². The predicted molar refractivity (Wildman–Crippen MR) is 156 cm³/mol. The van der Waals surface area contributed by atoms with Crippen molar-refractivity contribution in [3.05, 3.63) is 114 Å². The number of nitrogens with one attached hydrogen (secondary N) is 1. The fourth-order valence-electron chi connectivity index (χ4n) is 5.10. The van der Waals surface area contributed by atoms with Crippen LogP contribution in [0.4, 0.5) is 5.82 Å². The van der Waals surface area contributed by atoms with E-state index >= 15 is 0 Å². The third kappa shape index (κ3) is 4.19. The number of hydrogen-bond acceptors (Lipinski definition) is 5. The molecule has 0 amide bonds. The van der Waals surface area contributed by atoms with Gasteiger partial charge in [-0.05, 0) is 39.4 Å². The van der Waals surface area contributed by atoms with E-state index in [0.717, 1.165) is 49.7 Å². The van der Waals surface area contributed by atoms with Gasteiger partial charge >= 0.3 is 5.97 Å². The summed E-state index contributed by atoms with van der Waals surface area (Å²) in [5.74, 6) is -0.457. The van der Waals surface area contributed by atoms with E-state index < -0.39 is 12.0 Å². The number of hydrogen-bond donors (Lipinski definition) is 2. The SMILES string of the molecule is CCc1sc2ncnc(NC(C(=O)O)c3ccccc3-c3ccccc3)c2c1-c1cccc2ccccc12. The van der Waals surface area contributed by atoms with Gasteiger partial charge in [-0.2, -0.15) is 0 Å². The number of carboxylic acid groups (broad SMARTS) is 1. The summed E-state index contributed by atoms with van der Waals surface area (Å²) in [5, 5.41) is 16.9. The lowest BCUT2D eigenvalue weighted by molar-refractivity contribution is -0.138. The molecule has 186 valence electrons. The number of thiophene rings is 1. The van der Waals surface area contributed by atoms with Crippen molar-refractivity contribution in [3.63, 3.8) is 0 Å². The maximum Gasteiger partial charge on any atom is 0.330 e. The zero-order valence-corrected chi connectivity index (χ0v) is 21.6. The molecule has 0 aliphatic rings. The quantitative estimate of drug-likeness (QED) is 0.225. The molecule has 0 saturated heterocycles. The second-order valence-electron chi connectivity index (χ2n) is 9.05. The number of benzene rings is 4. The molecule has 2 aromatic heterocycles. The molecule has 2 heterocycles. The summed E-state index contributed by atoms with van der Waals surface area (Å²) in [5.41, 5.74) is 4.67. The van der Waals surface area contributed by atoms with Crippen LogP contribution in [0.3, 0.4) is 0 Å². The molecule has 0 spiro atoms. The highest BCUT2D eigenvalue weighted by atomic mass is 32.1. The van der Waals surface area contributed by atoms with Gasteiger partial charge in [0.15, 0.2) is 6.04 Å². The van der Waals surface area contributed by atoms with Crippen LogP contribution in [0.25, 0.3) is 43.2 Å². The molecule has 6 heteroatoms. The number of aromatic nitrogens is 2. The number of rotatable bonds is 7. The van der Waals surface area contributed by atoms with E-state index in [2.05, 4.69) is 52.5 Å². The minimum absolute atomic E-state index is 0.518. The van der Waals surface area contributed by atoms with E-state index in [1.807, 2.05) is 66.7 Å². The van der Waals surface area contributed by atoms with Crippen molar-refractivity contribution in [2.45, 2.75) is 19.4 Å². The summed E-state index contributed by atoms with van der Waals surface area (Å²) < 4.78 is 0. The van der Waals surface area contributed by atoms with Gasteiger partial charge in [0.05, 0.1) is 5.39 Å². The van der Waals surface area contributed by atoms with Crippen LogP contribution in [0.15, 0.2) is 103 Å². The minimum Gasteiger partial charge on any atom is -0.479 e. The summed E-state index contributed by atoms with van der Waals surface area (Å²) in [6.07, 6.45) is 2.34. The molecule has 6 aromatic rings. The number of nitrogens with zero attached hydrogens (tertiary/aromatic N) is 2. The molecule has 1 atom stereocenters. The van der Waals surface area contributed by atoms with Crippen molar-refractivity contribution in [1.82, 2.24) is 9.97 Å². The van der Waals surface area contributed by atoms with Crippen molar-refractivity contribution in [2.24, 2.45) is 0 Å². The van der Waals surface area contributed by atoms with E-state index in [1.165, 1.54) is 11.2 Å². The van der Waals surface area contributed by atoms with Crippen LogP contribution < -0.4 is 5.32 Å². The number of carbonyl (C=O) groups is 1. The highest BCUT2D eigenvalue weighted by Gasteiger charge is 2.26. The molecule has 5 nitrogen and oxygen atoms in total. The molecule has 38 heavy (non-hydrogen) atoms. The average molecular weight is 516 g/mol. The number of carboxylic acids is 1. The Balaban J connectivity index is 1.54. The van der Waals surface area contributed by atoms with Crippen molar-refractivity contribution >= 4 is 44.1 Å². The maximum atomic E-state index is 12.7. The number of fused-ring (bicyclic) bond motifs is 2. The molecule has 2 N–H and O–H groups in total. The Hall–Kier alpha value is -4.55. The molecule has 0 aliphatic carbocycles. The summed E-state index contributed by atoms with van der Waals surface area (Å²) in [7, 11) is 0. The summed E-state index contributed by atoms with van der Waals surface area (Å²) in [4.78, 5) is 23.9. The Labute approximate surface area is 224 Å². The maximum absolute atomic E-state index is 12.7. The first kappa shape index (κ1) is 23.8. The molecule has 0 fully saturated rings. The first-order chi connectivity index (χ1) is 18.7. The minimum atomic E-state index is -1.00. The van der Waals surface area contributed by atoms with Crippen LogP contribution in [0.5, 0.6) is 0 Å². The molecule has 6 rings (SSSR count). The first-order valence-corrected chi connectivity index (χ1v) is 13.4. The topological polar surface area (TPSA) is 75.1 Å². The van der Waals surface area contributed by atoms with Crippen molar-refractivity contribution in [3.8, 4) is 22.3 Å². The second kappa shape index (κ2) is 10.1. The predicted octanol–water partition coefficient (Wildman–Crippen LogP) is 7.98. The number of anilines is 1. The van der Waals surface area contributed by atoms with Gasteiger partial charge < -0.3 is 10.4 Å². The lowest BCUT2D eigenvalue weighted by atomic mass is 9.94. The molecule has 0 saturated carbocycles. The lowest BCUT2D eigenvalue weighted by Crippen LogP contribution is -2.22. The van der Waals surface area contributed by atoms with Crippen LogP contribution in [0.1, 0.15) is 23.4 Å². The third-order valence-corrected chi connectivity index (χ3v) is 8.07. The van der Waals surface area contributed by atoms with E-state index in [1.54, 1.807) is 11.3 Å². The van der Waals surface area contributed by atoms with E-state index in [0.29, 0.717) is 11.4 Å². The van der Waals surface area contributed by atoms with Gasteiger partial charge in [0.2, 0.25) is 0 Å². The molecule has 4 aromatic carbocycles. The highest BCUT2D eigenvalue weighted by molar-refractivity contribution is 7.19. The van der Waals surface area contributed by atoms with Gasteiger partial charge in [0.25, 0.3) is 0 Å². The summed E-state index contributed by atoms with van der Waals surface area (Å²) in [6, 6.07) is 31.1. The van der Waals surface area contributed by atoms with Crippen molar-refractivity contribution in [1.29, 1.82) is 0 Å². The van der Waals surface area contributed by atoms with Gasteiger partial charge in [-0.1, -0.05) is 104 Å². The molecular weight excluding hydrogens is 490 g/mol. The van der Waals surface area contributed by atoms with Gasteiger partial charge in [-0.15, -0.1) is 11.3 Å². The Morgan fingerprint density at radius 1 is 0.868 bits per heavy atom. The Morgan fingerprint density at radius 3 is 2.39 bits per heavy atom. The third-order valence-electron chi connectivity index (χ3n) is 6.83. The number of aryl methyl sites for hydroxylation is 1. The fraction of sp³-hybridized carbons (Fsp3) is 0.0938. The Morgan fingerprint density at radius 2 is 1.58 bits per heavy atom. The lowest BCUT2D eigenvalue weighted by Gasteiger charge is -2.20. The molecular formula is C32H25N3O2S. The van der Waals surface area contributed by atoms with Gasteiger partial charge in [0.1, 0.15) is 17.0 Å². The van der Waals surface area contributed by atoms with E-state index in [-0.39, 0.29) is 0 Å². The van der Waals surface area contributed by atoms with Crippen LogP contribution in [-0.4, -0.2) is 21.0 Å². The monoisotopic (exact) mass is 515 g/mol. The van der Waals surface area contributed by atoms with E-state index in [4.69, 9.17) is 0 Å². The number of aliphatic carboxylic acids is 1. The zero-order chi connectivity index (χ0) is 26.1. The van der Waals surface area contributed by atoms with Crippen molar-refractivity contribution in [2.75, 3.05) is 5.32 Å². The van der Waals surface area contributed by atoms with Crippen LogP contribution >= 0.6 is 11.3 Å². The van der Waals surface area contributed by atoms with Crippen LogP contribution in [0, 0.1) is 0 Å². The molecule has 0 aliphatic heterocycles. The fourth-order valence-corrected chi connectivity index (χ4v) is 6.20.